The molecule has 2 amide bonds. The summed E-state index contributed by atoms with van der Waals surface area (Å²) in [6.45, 7) is 0.195. The number of fused-ring (bicyclic) bond motifs is 1. The molecule has 0 saturated carbocycles. The van der Waals surface area contributed by atoms with Gasteiger partial charge in [0.05, 0.1) is 6.61 Å². The highest BCUT2D eigenvalue weighted by Crippen LogP contribution is 2.32. The monoisotopic (exact) mass is 406 g/mol. The van der Waals surface area contributed by atoms with Gasteiger partial charge in [0.1, 0.15) is 5.75 Å². The van der Waals surface area contributed by atoms with E-state index in [0.717, 1.165) is 11.3 Å². The lowest BCUT2D eigenvalue weighted by Gasteiger charge is -2.22. The van der Waals surface area contributed by atoms with Crippen LogP contribution in [0.2, 0.25) is 0 Å². The van der Waals surface area contributed by atoms with E-state index in [2.05, 4.69) is 10.6 Å². The van der Waals surface area contributed by atoms with Gasteiger partial charge < -0.3 is 15.4 Å². The van der Waals surface area contributed by atoms with Gasteiger partial charge in [-0.05, 0) is 42.2 Å². The van der Waals surface area contributed by atoms with E-state index in [0.29, 0.717) is 18.6 Å². The fraction of sp³-hybridized carbons (Fsp3) is 0.333. The lowest BCUT2D eigenvalue weighted by atomic mass is 10.0. The highest BCUT2D eigenvalue weighted by atomic mass is 19.4. The average molecular weight is 406 g/mol. The Hall–Kier alpha value is -3.03. The molecule has 1 atom stereocenters. The van der Waals surface area contributed by atoms with Gasteiger partial charge in [-0.3, -0.25) is 9.59 Å². The number of hydrogen-bond acceptors (Lipinski definition) is 3. The predicted octanol–water partition coefficient (Wildman–Crippen LogP) is 4.15. The molecule has 29 heavy (non-hydrogen) atoms. The van der Waals surface area contributed by atoms with Crippen LogP contribution in [0, 0.1) is 0 Å². The first kappa shape index (κ1) is 20.7. The second-order valence-corrected chi connectivity index (χ2v) is 6.77. The number of rotatable bonds is 7. The molecule has 5 nitrogen and oxygen atoms in total. The average Bonchev–Trinajstić information content (AvgIpc) is 2.69. The third-order valence-corrected chi connectivity index (χ3v) is 4.55. The van der Waals surface area contributed by atoms with Gasteiger partial charge >= 0.3 is 6.18 Å². The van der Waals surface area contributed by atoms with Crippen LogP contribution in [0.5, 0.6) is 5.75 Å². The van der Waals surface area contributed by atoms with E-state index in [4.69, 9.17) is 4.74 Å². The summed E-state index contributed by atoms with van der Waals surface area (Å²) in [5.41, 5.74) is 1.72. The number of ether oxygens (including phenoxy) is 1. The fourth-order valence-corrected chi connectivity index (χ4v) is 3.11. The van der Waals surface area contributed by atoms with Crippen molar-refractivity contribution in [1.29, 1.82) is 0 Å². The summed E-state index contributed by atoms with van der Waals surface area (Å²) in [6, 6.07) is 10.5. The molecule has 0 saturated heterocycles. The van der Waals surface area contributed by atoms with Crippen molar-refractivity contribution in [2.45, 2.75) is 37.9 Å². The quantitative estimate of drug-likeness (QED) is 0.679. The predicted molar refractivity (Wildman–Crippen MR) is 102 cm³/mol. The largest absolute Gasteiger partial charge is 0.494 e. The van der Waals surface area contributed by atoms with E-state index in [9.17, 15) is 22.8 Å². The molecule has 8 heteroatoms. The number of aryl methyl sites for hydroxylation is 1. The molecule has 2 aromatic carbocycles. The second kappa shape index (κ2) is 8.98. The number of benzene rings is 2. The van der Waals surface area contributed by atoms with Gasteiger partial charge in [0.25, 0.3) is 0 Å². The molecule has 0 fully saturated rings. The minimum absolute atomic E-state index is 0.00856. The summed E-state index contributed by atoms with van der Waals surface area (Å²) in [4.78, 5) is 23.4. The maximum Gasteiger partial charge on any atom is 0.412 e. The van der Waals surface area contributed by atoms with Crippen molar-refractivity contribution in [1.82, 2.24) is 5.32 Å². The topological polar surface area (TPSA) is 67.4 Å². The van der Waals surface area contributed by atoms with Crippen LogP contribution in [-0.4, -0.2) is 24.6 Å². The van der Waals surface area contributed by atoms with Crippen LogP contribution < -0.4 is 15.4 Å². The number of halogens is 3. The summed E-state index contributed by atoms with van der Waals surface area (Å²) >= 11 is 0. The van der Waals surface area contributed by atoms with Gasteiger partial charge in [-0.25, -0.2) is 0 Å². The Kier molecular flexibility index (Phi) is 6.41. The normalized spacial score (nSPS) is 14.5. The van der Waals surface area contributed by atoms with Crippen molar-refractivity contribution in [3.63, 3.8) is 0 Å². The lowest BCUT2D eigenvalue weighted by Crippen LogP contribution is -2.38. The van der Waals surface area contributed by atoms with Crippen LogP contribution in [0.15, 0.2) is 48.5 Å². The van der Waals surface area contributed by atoms with E-state index >= 15 is 0 Å². The van der Waals surface area contributed by atoms with E-state index in [1.165, 1.54) is 24.3 Å². The summed E-state index contributed by atoms with van der Waals surface area (Å²) in [5, 5.41) is 4.83. The Morgan fingerprint density at radius 2 is 1.90 bits per heavy atom. The molecule has 3 rings (SSSR count). The van der Waals surface area contributed by atoms with Crippen molar-refractivity contribution < 1.29 is 27.5 Å². The number of hydrogen-bond donors (Lipinski definition) is 2. The molecular formula is C21H21F3N2O3. The van der Waals surface area contributed by atoms with Crippen LogP contribution in [0.1, 0.15) is 36.4 Å². The summed E-state index contributed by atoms with van der Waals surface area (Å²) in [6.07, 6.45) is -3.34. The SMILES string of the molecule is O=C1CCc2cc(OCCCC(=O)NC(c3ccccc3)C(F)(F)F)ccc2N1. The standard InChI is InChI=1S/C21H21F3N2O3/c22-21(23,24)20(14-5-2-1-3-6-14)26-18(27)7-4-12-29-16-9-10-17-15(13-16)8-11-19(28)25-17/h1-3,5-6,9-10,13,20H,4,7-8,11-12H2,(H,25,28)(H,26,27). The first-order valence-electron chi connectivity index (χ1n) is 9.29. The van der Waals surface area contributed by atoms with E-state index in [1.807, 2.05) is 6.07 Å². The molecule has 0 bridgehead atoms. The molecule has 0 radical (unpaired) electrons. The number of nitrogens with one attached hydrogen (secondary N) is 2. The van der Waals surface area contributed by atoms with Crippen molar-refractivity contribution in [2.75, 3.05) is 11.9 Å². The molecule has 1 unspecified atom stereocenters. The zero-order chi connectivity index (χ0) is 20.9. The van der Waals surface area contributed by atoms with Crippen LogP contribution in [-0.2, 0) is 16.0 Å². The van der Waals surface area contributed by atoms with Gasteiger partial charge in [-0.1, -0.05) is 30.3 Å². The number of amides is 2. The minimum Gasteiger partial charge on any atom is -0.494 e. The molecule has 1 aliphatic rings. The highest BCUT2D eigenvalue weighted by molar-refractivity contribution is 5.94. The Labute approximate surface area is 166 Å². The zero-order valence-electron chi connectivity index (χ0n) is 15.6. The van der Waals surface area contributed by atoms with Gasteiger partial charge in [0.2, 0.25) is 11.8 Å². The van der Waals surface area contributed by atoms with E-state index in [1.54, 1.807) is 18.2 Å². The van der Waals surface area contributed by atoms with Crippen molar-refractivity contribution >= 4 is 17.5 Å². The maximum atomic E-state index is 13.3. The first-order valence-corrected chi connectivity index (χ1v) is 9.29. The van der Waals surface area contributed by atoms with Crippen LogP contribution >= 0.6 is 0 Å². The summed E-state index contributed by atoms with van der Waals surface area (Å²) in [5.74, 6) is -0.115. The van der Waals surface area contributed by atoms with Crippen molar-refractivity contribution in [2.24, 2.45) is 0 Å². The van der Waals surface area contributed by atoms with Crippen molar-refractivity contribution in [3.05, 3.63) is 59.7 Å². The van der Waals surface area contributed by atoms with Gasteiger partial charge in [0, 0.05) is 18.5 Å². The maximum absolute atomic E-state index is 13.3. The van der Waals surface area contributed by atoms with Crippen molar-refractivity contribution in [3.8, 4) is 5.75 Å². The molecule has 1 aliphatic heterocycles. The number of carbonyl (C=O) groups excluding carboxylic acids is 2. The van der Waals surface area contributed by atoms with Gasteiger partial charge in [0.15, 0.2) is 6.04 Å². The molecule has 0 aliphatic carbocycles. The molecule has 0 spiro atoms. The van der Waals surface area contributed by atoms with E-state index < -0.39 is 18.1 Å². The Morgan fingerprint density at radius 1 is 1.14 bits per heavy atom. The minimum atomic E-state index is -4.58. The van der Waals surface area contributed by atoms with Crippen LogP contribution in [0.3, 0.4) is 0 Å². The molecule has 154 valence electrons. The fourth-order valence-electron chi connectivity index (χ4n) is 3.11. The third kappa shape index (κ3) is 5.73. The Morgan fingerprint density at radius 3 is 2.62 bits per heavy atom. The first-order chi connectivity index (χ1) is 13.8. The Balaban J connectivity index is 1.48. The second-order valence-electron chi connectivity index (χ2n) is 6.77. The highest BCUT2D eigenvalue weighted by Gasteiger charge is 2.41. The molecule has 1 heterocycles. The third-order valence-electron chi connectivity index (χ3n) is 4.55. The van der Waals surface area contributed by atoms with Gasteiger partial charge in [-0.2, -0.15) is 13.2 Å². The summed E-state index contributed by atoms with van der Waals surface area (Å²) < 4.78 is 45.4. The van der Waals surface area contributed by atoms with Crippen LogP contribution in [0.25, 0.3) is 0 Å². The van der Waals surface area contributed by atoms with Gasteiger partial charge in [-0.15, -0.1) is 0 Å². The molecular weight excluding hydrogens is 385 g/mol. The number of anilines is 1. The summed E-state index contributed by atoms with van der Waals surface area (Å²) in [7, 11) is 0. The number of alkyl halides is 3. The Bertz CT molecular complexity index is 869. The molecule has 2 N–H and O–H groups in total. The van der Waals surface area contributed by atoms with E-state index in [-0.39, 0.29) is 30.9 Å². The smallest absolute Gasteiger partial charge is 0.412 e. The lowest BCUT2D eigenvalue weighted by molar-refractivity contribution is -0.163. The molecule has 0 aromatic heterocycles. The molecule has 2 aromatic rings. The zero-order valence-corrected chi connectivity index (χ0v) is 15.6. The van der Waals surface area contributed by atoms with Crippen LogP contribution in [0.4, 0.5) is 18.9 Å². The number of carbonyl (C=O) groups is 2.